The molecule has 142 valence electrons. The zero-order chi connectivity index (χ0) is 18.4. The molecule has 1 aliphatic heterocycles. The van der Waals surface area contributed by atoms with Crippen molar-refractivity contribution >= 4 is 22.8 Å². The van der Waals surface area contributed by atoms with Crippen molar-refractivity contribution in [3.63, 3.8) is 0 Å². The summed E-state index contributed by atoms with van der Waals surface area (Å²) < 4.78 is 1.93. The molecule has 0 saturated carbocycles. The molecule has 0 N–H and O–H groups in total. The molecule has 1 aliphatic carbocycles. The molecular weight excluding hydrogens is 358 g/mol. The van der Waals surface area contributed by atoms with Gasteiger partial charge in [0.15, 0.2) is 11.5 Å². The van der Waals surface area contributed by atoms with Crippen molar-refractivity contribution in [2.75, 3.05) is 32.1 Å². The molecule has 5 rings (SSSR count). The fourth-order valence-electron chi connectivity index (χ4n) is 4.14. The Kier molecular flexibility index (Phi) is 4.32. The first-order chi connectivity index (χ1) is 13.2. The van der Waals surface area contributed by atoms with Crippen LogP contribution in [0.25, 0.3) is 5.65 Å². The molecule has 4 heterocycles. The Morgan fingerprint density at radius 1 is 1.15 bits per heavy atom. The molecule has 0 unspecified atom stereocenters. The highest BCUT2D eigenvalue weighted by Gasteiger charge is 2.26. The van der Waals surface area contributed by atoms with Gasteiger partial charge in [-0.1, -0.05) is 0 Å². The van der Waals surface area contributed by atoms with Crippen LogP contribution in [0.15, 0.2) is 12.1 Å². The van der Waals surface area contributed by atoms with Crippen LogP contribution in [0.5, 0.6) is 0 Å². The lowest BCUT2D eigenvalue weighted by atomic mass is 9.96. The van der Waals surface area contributed by atoms with Crippen LogP contribution >= 0.6 is 11.3 Å². The Balaban J connectivity index is 1.27. The van der Waals surface area contributed by atoms with Crippen LogP contribution in [-0.2, 0) is 19.4 Å². The summed E-state index contributed by atoms with van der Waals surface area (Å²) >= 11 is 1.93. The summed E-state index contributed by atoms with van der Waals surface area (Å²) in [6.07, 6.45) is 5.89. The minimum absolute atomic E-state index is 0.419. The van der Waals surface area contributed by atoms with Crippen LogP contribution in [0, 0.1) is 0 Å². The van der Waals surface area contributed by atoms with Gasteiger partial charge in [-0.2, -0.15) is 4.52 Å². The molecule has 0 amide bonds. The summed E-state index contributed by atoms with van der Waals surface area (Å²) in [5.41, 5.74) is 2.19. The molecule has 0 spiro atoms. The first kappa shape index (κ1) is 17.1. The van der Waals surface area contributed by atoms with Crippen molar-refractivity contribution in [2.24, 2.45) is 0 Å². The second-order valence-corrected chi connectivity index (χ2v) is 8.96. The molecule has 7 nitrogen and oxygen atoms in total. The first-order valence-corrected chi connectivity index (χ1v) is 10.6. The average Bonchev–Trinajstić information content (AvgIpc) is 3.36. The van der Waals surface area contributed by atoms with Crippen molar-refractivity contribution in [3.8, 4) is 0 Å². The Labute approximate surface area is 163 Å². The largest absolute Gasteiger partial charge is 0.361 e. The Morgan fingerprint density at radius 3 is 2.78 bits per heavy atom. The molecule has 27 heavy (non-hydrogen) atoms. The molecule has 1 fully saturated rings. The highest BCUT2D eigenvalue weighted by atomic mass is 32.1. The summed E-state index contributed by atoms with van der Waals surface area (Å²) in [5, 5.41) is 14.8. The van der Waals surface area contributed by atoms with E-state index < -0.39 is 0 Å². The third kappa shape index (κ3) is 3.21. The van der Waals surface area contributed by atoms with Crippen molar-refractivity contribution < 1.29 is 0 Å². The summed E-state index contributed by atoms with van der Waals surface area (Å²) in [6.45, 7) is 3.16. The summed E-state index contributed by atoms with van der Waals surface area (Å²) in [4.78, 5) is 10.9. The van der Waals surface area contributed by atoms with Gasteiger partial charge < -0.3 is 4.90 Å². The molecule has 0 radical (unpaired) electrons. The third-order valence-corrected chi connectivity index (χ3v) is 6.82. The lowest BCUT2D eigenvalue weighted by molar-refractivity contribution is 0.200. The molecule has 0 atom stereocenters. The van der Waals surface area contributed by atoms with E-state index >= 15 is 0 Å². The first-order valence-electron chi connectivity index (χ1n) is 9.77. The zero-order valence-electron chi connectivity index (χ0n) is 15.9. The van der Waals surface area contributed by atoms with Gasteiger partial charge in [0.1, 0.15) is 10.8 Å². The smallest absolute Gasteiger partial charge is 0.178 e. The maximum Gasteiger partial charge on any atom is 0.178 e. The number of aryl methyl sites for hydroxylation is 2. The normalized spacial score (nSPS) is 18.3. The Morgan fingerprint density at radius 2 is 2.00 bits per heavy atom. The average molecular weight is 384 g/mol. The van der Waals surface area contributed by atoms with Gasteiger partial charge in [0.2, 0.25) is 0 Å². The summed E-state index contributed by atoms with van der Waals surface area (Å²) in [7, 11) is 4.01. The number of piperidine rings is 1. The van der Waals surface area contributed by atoms with Crippen molar-refractivity contribution in [1.82, 2.24) is 29.7 Å². The van der Waals surface area contributed by atoms with Gasteiger partial charge in [-0.3, -0.25) is 4.90 Å². The minimum Gasteiger partial charge on any atom is -0.361 e. The quantitative estimate of drug-likeness (QED) is 0.690. The van der Waals surface area contributed by atoms with Gasteiger partial charge in [0, 0.05) is 24.9 Å². The van der Waals surface area contributed by atoms with Crippen LogP contribution in [0.2, 0.25) is 0 Å². The van der Waals surface area contributed by atoms with E-state index in [2.05, 4.69) is 15.1 Å². The standard InChI is InChI=1S/C19H25N7S/c1-24(2)17-7-6-16-21-22-19(26(16)23-17)13-8-10-25(11-9-13)12-18-20-14-4-3-5-15(14)27-18/h6-7,13H,3-5,8-12H2,1-2H3. The number of hydrogen-bond acceptors (Lipinski definition) is 7. The molecule has 0 bridgehead atoms. The van der Waals surface area contributed by atoms with Crippen molar-refractivity contribution in [2.45, 2.75) is 44.6 Å². The lowest BCUT2D eigenvalue weighted by Gasteiger charge is -2.30. The summed E-state index contributed by atoms with van der Waals surface area (Å²) in [5.74, 6) is 2.35. The number of fused-ring (bicyclic) bond motifs is 2. The molecule has 0 aromatic carbocycles. The van der Waals surface area contributed by atoms with E-state index in [0.29, 0.717) is 5.92 Å². The van der Waals surface area contributed by atoms with Gasteiger partial charge in [0.05, 0.1) is 12.2 Å². The topological polar surface area (TPSA) is 62.5 Å². The van der Waals surface area contributed by atoms with Crippen molar-refractivity contribution in [3.05, 3.63) is 33.5 Å². The maximum atomic E-state index is 4.86. The zero-order valence-corrected chi connectivity index (χ0v) is 16.7. The molecule has 3 aromatic heterocycles. The van der Waals surface area contributed by atoms with Gasteiger partial charge in [-0.05, 0) is 57.3 Å². The highest BCUT2D eigenvalue weighted by molar-refractivity contribution is 7.11. The van der Waals surface area contributed by atoms with E-state index in [-0.39, 0.29) is 0 Å². The maximum absolute atomic E-state index is 4.86. The summed E-state index contributed by atoms with van der Waals surface area (Å²) in [6, 6.07) is 3.98. The fourth-order valence-corrected chi connectivity index (χ4v) is 5.34. The Bertz CT molecular complexity index is 931. The SMILES string of the molecule is CN(C)c1ccc2nnc(C3CCN(Cc4nc5c(s4)CCC5)CC3)n2n1. The van der Waals surface area contributed by atoms with Crippen molar-refractivity contribution in [1.29, 1.82) is 0 Å². The number of aromatic nitrogens is 5. The van der Waals surface area contributed by atoms with Crippen LogP contribution in [0.4, 0.5) is 5.82 Å². The van der Waals surface area contributed by atoms with E-state index in [1.807, 2.05) is 47.0 Å². The Hall–Kier alpha value is -2.06. The minimum atomic E-state index is 0.419. The van der Waals surface area contributed by atoms with E-state index in [9.17, 15) is 0 Å². The third-order valence-electron chi connectivity index (χ3n) is 5.68. The number of anilines is 1. The predicted octanol–water partition coefficient (Wildman–Crippen LogP) is 2.52. The van der Waals surface area contributed by atoms with Gasteiger partial charge in [-0.15, -0.1) is 26.6 Å². The predicted molar refractivity (Wildman–Crippen MR) is 107 cm³/mol. The second-order valence-electron chi connectivity index (χ2n) is 7.80. The highest BCUT2D eigenvalue weighted by Crippen LogP contribution is 2.31. The van der Waals surface area contributed by atoms with Crippen LogP contribution in [0.3, 0.4) is 0 Å². The molecule has 1 saturated heterocycles. The van der Waals surface area contributed by atoms with Crippen LogP contribution in [-0.4, -0.2) is 56.9 Å². The number of likely N-dealkylation sites (tertiary alicyclic amines) is 1. The fraction of sp³-hybridized carbons (Fsp3) is 0.579. The number of hydrogen-bond donors (Lipinski definition) is 0. The van der Waals surface area contributed by atoms with E-state index in [1.165, 1.54) is 34.8 Å². The number of rotatable bonds is 4. The lowest BCUT2D eigenvalue weighted by Crippen LogP contribution is -2.33. The van der Waals surface area contributed by atoms with Gasteiger partial charge in [0.25, 0.3) is 0 Å². The molecule has 2 aliphatic rings. The monoisotopic (exact) mass is 383 g/mol. The number of thiazole rings is 1. The van der Waals surface area contributed by atoms with E-state index in [4.69, 9.17) is 10.1 Å². The molecule has 3 aromatic rings. The molecule has 8 heteroatoms. The van der Waals surface area contributed by atoms with E-state index in [1.54, 1.807) is 0 Å². The number of nitrogens with zero attached hydrogens (tertiary/aromatic N) is 7. The van der Waals surface area contributed by atoms with Crippen LogP contribution < -0.4 is 4.90 Å². The van der Waals surface area contributed by atoms with E-state index in [0.717, 1.165) is 49.8 Å². The van der Waals surface area contributed by atoms with Gasteiger partial charge >= 0.3 is 0 Å². The van der Waals surface area contributed by atoms with Crippen LogP contribution in [0.1, 0.15) is 46.6 Å². The molecular formula is C19H25N7S. The van der Waals surface area contributed by atoms with Gasteiger partial charge in [-0.25, -0.2) is 4.98 Å². The second kappa shape index (κ2) is 6.83.